The molecular formula is C76H149NO5. The predicted molar refractivity (Wildman–Crippen MR) is 361 cm³/mol. The van der Waals surface area contributed by atoms with E-state index in [4.69, 9.17) is 4.74 Å². The fourth-order valence-electron chi connectivity index (χ4n) is 12.3. The Labute approximate surface area is 514 Å². The molecule has 0 fully saturated rings. The Hall–Kier alpha value is -1.40. The summed E-state index contributed by atoms with van der Waals surface area (Å²) in [6, 6.07) is -0.542. The SMILES string of the molecule is CCCCCCCCC/C=C\CCCCCCCC(=O)OCCCCCCCCCCCCCCCCCCCCCCCCCCC(=O)NC(CO)C(O)CCCCCCCCCCCCCCCCCCCCCCCCCCC. The molecule has 0 bridgehead atoms. The van der Waals surface area contributed by atoms with Gasteiger partial charge in [0.25, 0.3) is 0 Å². The summed E-state index contributed by atoms with van der Waals surface area (Å²) < 4.78 is 5.50. The highest BCUT2D eigenvalue weighted by molar-refractivity contribution is 5.76. The van der Waals surface area contributed by atoms with Crippen LogP contribution in [0.5, 0.6) is 0 Å². The normalized spacial score (nSPS) is 12.5. The Balaban J connectivity index is 3.36. The van der Waals surface area contributed by atoms with Crippen LogP contribution in [0, 0.1) is 0 Å². The highest BCUT2D eigenvalue weighted by Crippen LogP contribution is 2.20. The number of esters is 1. The number of ether oxygens (including phenoxy) is 1. The van der Waals surface area contributed by atoms with Crippen molar-refractivity contribution < 1.29 is 24.5 Å². The summed E-state index contributed by atoms with van der Waals surface area (Å²) in [6.07, 6.45) is 89.9. The van der Waals surface area contributed by atoms with Gasteiger partial charge in [0.15, 0.2) is 0 Å². The first-order valence-electron chi connectivity index (χ1n) is 37.9. The average molecular weight is 1160 g/mol. The van der Waals surface area contributed by atoms with Crippen molar-refractivity contribution in [1.82, 2.24) is 5.32 Å². The molecule has 82 heavy (non-hydrogen) atoms. The molecule has 0 aliphatic rings. The van der Waals surface area contributed by atoms with Crippen LogP contribution in [0.1, 0.15) is 438 Å². The standard InChI is InChI=1S/C76H149NO5/c1-3-5-7-9-11-13-15-17-19-21-22-23-24-25-28-31-34-37-40-44-48-52-56-60-64-68-74(79)73(72-78)77-75(80)69-65-61-57-53-49-45-41-38-35-32-29-26-27-30-33-36-39-43-47-51-55-59-63-67-71-82-76(81)70-66-62-58-54-50-46-42-20-18-16-14-12-10-8-6-4-2/h20,42,73-74,78-79H,3-19,21-41,43-72H2,1-2H3,(H,77,80)/b42-20-. The number of carbonyl (C=O) groups excluding carboxylic acids is 2. The lowest BCUT2D eigenvalue weighted by molar-refractivity contribution is -0.143. The number of aliphatic hydroxyl groups is 2. The molecule has 1 amide bonds. The zero-order valence-electron chi connectivity index (χ0n) is 56.0. The van der Waals surface area contributed by atoms with Gasteiger partial charge < -0.3 is 20.3 Å². The molecule has 3 N–H and O–H groups in total. The summed E-state index contributed by atoms with van der Waals surface area (Å²) in [7, 11) is 0. The molecule has 0 aromatic carbocycles. The molecule has 6 heteroatoms. The van der Waals surface area contributed by atoms with Gasteiger partial charge in [-0.05, 0) is 51.4 Å². The number of amides is 1. The van der Waals surface area contributed by atoms with Gasteiger partial charge in [-0.1, -0.05) is 386 Å². The van der Waals surface area contributed by atoms with Crippen molar-refractivity contribution in [3.63, 3.8) is 0 Å². The van der Waals surface area contributed by atoms with Crippen LogP contribution >= 0.6 is 0 Å². The maximum atomic E-state index is 12.6. The van der Waals surface area contributed by atoms with Gasteiger partial charge in [0.1, 0.15) is 0 Å². The van der Waals surface area contributed by atoms with Crippen molar-refractivity contribution >= 4 is 11.9 Å². The lowest BCUT2D eigenvalue weighted by Crippen LogP contribution is -2.45. The molecule has 0 radical (unpaired) electrons. The summed E-state index contributed by atoms with van der Waals surface area (Å²) >= 11 is 0. The molecule has 0 aliphatic carbocycles. The number of hydrogen-bond donors (Lipinski definition) is 3. The molecule has 0 rings (SSSR count). The second kappa shape index (κ2) is 72.1. The molecule has 488 valence electrons. The van der Waals surface area contributed by atoms with Crippen LogP contribution < -0.4 is 5.32 Å². The van der Waals surface area contributed by atoms with Gasteiger partial charge in [-0.3, -0.25) is 9.59 Å². The summed E-state index contributed by atoms with van der Waals surface area (Å²) in [6.45, 7) is 5.00. The van der Waals surface area contributed by atoms with Gasteiger partial charge >= 0.3 is 5.97 Å². The molecule has 0 aromatic heterocycles. The van der Waals surface area contributed by atoms with Crippen molar-refractivity contribution in [2.24, 2.45) is 0 Å². The number of rotatable bonds is 72. The molecular weight excluding hydrogens is 1010 g/mol. The number of allylic oxidation sites excluding steroid dienone is 2. The first-order chi connectivity index (χ1) is 40.5. The van der Waals surface area contributed by atoms with Crippen molar-refractivity contribution in [3.05, 3.63) is 12.2 Å². The lowest BCUT2D eigenvalue weighted by atomic mass is 10.0. The van der Waals surface area contributed by atoms with E-state index >= 15 is 0 Å². The van der Waals surface area contributed by atoms with Crippen molar-refractivity contribution in [3.8, 4) is 0 Å². The van der Waals surface area contributed by atoms with Gasteiger partial charge in [-0.2, -0.15) is 0 Å². The minimum atomic E-state index is -0.665. The molecule has 0 saturated heterocycles. The Bertz CT molecular complexity index is 1240. The number of nitrogens with one attached hydrogen (secondary N) is 1. The molecule has 0 aliphatic heterocycles. The van der Waals surface area contributed by atoms with E-state index in [1.54, 1.807) is 0 Å². The minimum absolute atomic E-state index is 0.00957. The molecule has 2 unspecified atom stereocenters. The van der Waals surface area contributed by atoms with E-state index in [2.05, 4.69) is 31.3 Å². The molecule has 0 heterocycles. The minimum Gasteiger partial charge on any atom is -0.466 e. The quantitative estimate of drug-likeness (QED) is 0.0320. The van der Waals surface area contributed by atoms with Gasteiger partial charge in [-0.25, -0.2) is 0 Å². The van der Waals surface area contributed by atoms with Crippen molar-refractivity contribution in [2.75, 3.05) is 13.2 Å². The van der Waals surface area contributed by atoms with Crippen LogP contribution in [-0.4, -0.2) is 47.4 Å². The highest BCUT2D eigenvalue weighted by Gasteiger charge is 2.20. The monoisotopic (exact) mass is 1160 g/mol. The number of aliphatic hydroxyl groups excluding tert-OH is 2. The average Bonchev–Trinajstić information content (AvgIpc) is 3.48. The van der Waals surface area contributed by atoms with Crippen LogP contribution in [0.3, 0.4) is 0 Å². The van der Waals surface area contributed by atoms with Gasteiger partial charge in [0.2, 0.25) is 5.91 Å². The Kier molecular flexibility index (Phi) is 70.8. The fraction of sp³-hybridized carbons (Fsp3) is 0.947. The maximum Gasteiger partial charge on any atom is 0.305 e. The third-order valence-corrected chi connectivity index (χ3v) is 18.1. The molecule has 0 spiro atoms. The number of hydrogen-bond acceptors (Lipinski definition) is 5. The van der Waals surface area contributed by atoms with Gasteiger partial charge in [-0.15, -0.1) is 0 Å². The van der Waals surface area contributed by atoms with E-state index in [0.717, 1.165) is 44.9 Å². The highest BCUT2D eigenvalue weighted by atomic mass is 16.5. The van der Waals surface area contributed by atoms with E-state index in [-0.39, 0.29) is 18.5 Å². The first-order valence-corrected chi connectivity index (χ1v) is 37.9. The summed E-state index contributed by atoms with van der Waals surface area (Å²) in [5.41, 5.74) is 0. The van der Waals surface area contributed by atoms with E-state index in [1.807, 2.05) is 0 Å². The topological polar surface area (TPSA) is 95.9 Å². The zero-order chi connectivity index (χ0) is 59.2. The fourth-order valence-corrected chi connectivity index (χ4v) is 12.3. The first kappa shape index (κ1) is 80.6. The number of carbonyl (C=O) groups is 2. The van der Waals surface area contributed by atoms with Gasteiger partial charge in [0.05, 0.1) is 25.4 Å². The zero-order valence-corrected chi connectivity index (χ0v) is 56.0. The van der Waals surface area contributed by atoms with Crippen molar-refractivity contribution in [1.29, 1.82) is 0 Å². The maximum absolute atomic E-state index is 12.6. The summed E-state index contributed by atoms with van der Waals surface area (Å²) in [4.78, 5) is 24.7. The van der Waals surface area contributed by atoms with E-state index in [9.17, 15) is 19.8 Å². The second-order valence-corrected chi connectivity index (χ2v) is 26.3. The van der Waals surface area contributed by atoms with E-state index in [1.165, 1.54) is 360 Å². The largest absolute Gasteiger partial charge is 0.466 e. The summed E-state index contributed by atoms with van der Waals surface area (Å²) in [5, 5.41) is 23.5. The Morgan fingerprint density at radius 3 is 0.866 bits per heavy atom. The van der Waals surface area contributed by atoms with E-state index < -0.39 is 12.1 Å². The van der Waals surface area contributed by atoms with Crippen LogP contribution in [0.25, 0.3) is 0 Å². The molecule has 2 atom stereocenters. The smallest absolute Gasteiger partial charge is 0.305 e. The molecule has 6 nitrogen and oxygen atoms in total. The second-order valence-electron chi connectivity index (χ2n) is 26.3. The molecule has 0 aromatic rings. The van der Waals surface area contributed by atoms with Crippen LogP contribution in [0.15, 0.2) is 12.2 Å². The predicted octanol–water partition coefficient (Wildman–Crippen LogP) is 24.7. The molecule has 0 saturated carbocycles. The third kappa shape index (κ3) is 67.7. The van der Waals surface area contributed by atoms with Crippen LogP contribution in [0.2, 0.25) is 0 Å². The lowest BCUT2D eigenvalue weighted by Gasteiger charge is -2.22. The van der Waals surface area contributed by atoms with E-state index in [0.29, 0.717) is 25.9 Å². The van der Waals surface area contributed by atoms with Crippen LogP contribution in [0.4, 0.5) is 0 Å². The van der Waals surface area contributed by atoms with Crippen molar-refractivity contribution in [2.45, 2.75) is 450 Å². The van der Waals surface area contributed by atoms with Gasteiger partial charge in [0, 0.05) is 12.8 Å². The Morgan fingerprint density at radius 1 is 0.329 bits per heavy atom. The third-order valence-electron chi connectivity index (χ3n) is 18.1. The Morgan fingerprint density at radius 2 is 0.573 bits per heavy atom. The van der Waals surface area contributed by atoms with Crippen LogP contribution in [-0.2, 0) is 14.3 Å². The number of unbranched alkanes of at least 4 members (excludes halogenated alkanes) is 59. The summed E-state index contributed by atoms with van der Waals surface area (Å²) in [5.74, 6) is -0.0184.